The molecule has 0 atom stereocenters. The fourth-order valence-electron chi connectivity index (χ4n) is 5.23. The molecule has 220 valence electrons. The zero-order chi connectivity index (χ0) is 29.9. The molecule has 41 heavy (non-hydrogen) atoms. The van der Waals surface area contributed by atoms with Gasteiger partial charge in [-0.1, -0.05) is 88.4 Å². The molecule has 0 aromatic heterocycles. The highest BCUT2D eigenvalue weighted by molar-refractivity contribution is 5.76. The third kappa shape index (κ3) is 9.66. The van der Waals surface area contributed by atoms with Gasteiger partial charge in [0, 0.05) is 37.1 Å². The second-order valence-electron chi connectivity index (χ2n) is 12.1. The van der Waals surface area contributed by atoms with Crippen LogP contribution in [-0.2, 0) is 33.5 Å². The molecule has 3 N–H and O–H groups in total. The molecule has 0 heterocycles. The standard InChI is InChI=1S/C35H46N2O4/c1-34(2,20-12-18-32(39)36-24-26-14-8-6-9-15-26)28-23-31(41-5)29(22-30(28)38)35(3,4)21-13-19-33(40)37-25-27-16-10-7-11-17-27/h6-11,14-17,22-23,38H,12-13,18-21,24-25H2,1-5H3,(H,36,39)(H,37,40). The van der Waals surface area contributed by atoms with Gasteiger partial charge in [-0.3, -0.25) is 9.59 Å². The number of benzene rings is 3. The average molecular weight is 559 g/mol. The van der Waals surface area contributed by atoms with Crippen molar-refractivity contribution in [1.29, 1.82) is 0 Å². The van der Waals surface area contributed by atoms with Gasteiger partial charge in [0.15, 0.2) is 0 Å². The zero-order valence-corrected chi connectivity index (χ0v) is 25.3. The SMILES string of the molecule is COc1cc(C(C)(C)CCCC(=O)NCc2ccccc2)c(O)cc1C(C)(C)CCCC(=O)NCc1ccccc1. The van der Waals surface area contributed by atoms with E-state index in [1.807, 2.05) is 72.8 Å². The first-order chi connectivity index (χ1) is 19.5. The first kappa shape index (κ1) is 31.7. The van der Waals surface area contributed by atoms with Crippen LogP contribution in [0.1, 0.15) is 88.5 Å². The minimum atomic E-state index is -0.351. The van der Waals surface area contributed by atoms with E-state index in [0.29, 0.717) is 32.4 Å². The Morgan fingerprint density at radius 3 is 1.59 bits per heavy atom. The number of hydrogen-bond acceptors (Lipinski definition) is 4. The van der Waals surface area contributed by atoms with Gasteiger partial charge in [0.05, 0.1) is 7.11 Å². The molecule has 0 fully saturated rings. The number of phenols is 1. The van der Waals surface area contributed by atoms with E-state index >= 15 is 0 Å². The maximum absolute atomic E-state index is 12.4. The summed E-state index contributed by atoms with van der Waals surface area (Å²) in [4.78, 5) is 24.8. The maximum atomic E-state index is 12.4. The third-order valence-electron chi connectivity index (χ3n) is 7.85. The maximum Gasteiger partial charge on any atom is 0.220 e. The van der Waals surface area contributed by atoms with Gasteiger partial charge in [0.1, 0.15) is 11.5 Å². The summed E-state index contributed by atoms with van der Waals surface area (Å²) >= 11 is 0. The van der Waals surface area contributed by atoms with Gasteiger partial charge in [-0.25, -0.2) is 0 Å². The van der Waals surface area contributed by atoms with Crippen molar-refractivity contribution in [1.82, 2.24) is 10.6 Å². The highest BCUT2D eigenvalue weighted by Gasteiger charge is 2.30. The minimum Gasteiger partial charge on any atom is -0.508 e. The van der Waals surface area contributed by atoms with E-state index in [1.54, 1.807) is 7.11 Å². The molecule has 0 aliphatic rings. The van der Waals surface area contributed by atoms with Crippen LogP contribution >= 0.6 is 0 Å². The molecule has 0 saturated heterocycles. The second-order valence-corrected chi connectivity index (χ2v) is 12.1. The van der Waals surface area contributed by atoms with E-state index in [0.717, 1.165) is 47.3 Å². The number of nitrogens with one attached hydrogen (secondary N) is 2. The lowest BCUT2D eigenvalue weighted by Gasteiger charge is -2.31. The van der Waals surface area contributed by atoms with Crippen molar-refractivity contribution in [2.45, 2.75) is 90.1 Å². The molecule has 0 aliphatic heterocycles. The highest BCUT2D eigenvalue weighted by atomic mass is 16.5. The van der Waals surface area contributed by atoms with Crippen molar-refractivity contribution in [3.63, 3.8) is 0 Å². The van der Waals surface area contributed by atoms with Crippen molar-refractivity contribution in [3.05, 3.63) is 95.1 Å². The molecule has 0 unspecified atom stereocenters. The molecule has 6 nitrogen and oxygen atoms in total. The Balaban J connectivity index is 1.55. The molecule has 0 radical (unpaired) electrons. The number of amides is 2. The normalized spacial score (nSPS) is 11.6. The van der Waals surface area contributed by atoms with Crippen LogP contribution in [0.2, 0.25) is 0 Å². The van der Waals surface area contributed by atoms with E-state index < -0.39 is 0 Å². The molecule has 6 heteroatoms. The predicted octanol–water partition coefficient (Wildman–Crippen LogP) is 6.93. The molecule has 0 aliphatic carbocycles. The van der Waals surface area contributed by atoms with Gasteiger partial charge >= 0.3 is 0 Å². The molecule has 0 bridgehead atoms. The number of carbonyl (C=O) groups is 2. The molecule has 0 saturated carbocycles. The number of ether oxygens (including phenoxy) is 1. The summed E-state index contributed by atoms with van der Waals surface area (Å²) in [5.74, 6) is 1.01. The molecule has 0 spiro atoms. The van der Waals surface area contributed by atoms with E-state index in [9.17, 15) is 14.7 Å². The van der Waals surface area contributed by atoms with Crippen molar-refractivity contribution >= 4 is 11.8 Å². The summed E-state index contributed by atoms with van der Waals surface area (Å²) in [5, 5.41) is 17.1. The van der Waals surface area contributed by atoms with E-state index in [-0.39, 0.29) is 28.4 Å². The smallest absolute Gasteiger partial charge is 0.220 e. The average Bonchev–Trinajstić information content (AvgIpc) is 2.95. The Kier molecular flexibility index (Phi) is 11.4. The van der Waals surface area contributed by atoms with E-state index in [4.69, 9.17) is 4.74 Å². The van der Waals surface area contributed by atoms with Crippen LogP contribution in [0.15, 0.2) is 72.8 Å². The van der Waals surface area contributed by atoms with Crippen molar-refractivity contribution < 1.29 is 19.4 Å². The number of methoxy groups -OCH3 is 1. The summed E-state index contributed by atoms with van der Waals surface area (Å²) in [6.07, 6.45) is 3.80. The largest absolute Gasteiger partial charge is 0.508 e. The molecule has 2 amide bonds. The summed E-state index contributed by atoms with van der Waals surface area (Å²) < 4.78 is 5.80. The van der Waals surface area contributed by atoms with Crippen LogP contribution in [0.4, 0.5) is 0 Å². The molecule has 3 rings (SSSR count). The van der Waals surface area contributed by atoms with Gasteiger partial charge in [0.2, 0.25) is 11.8 Å². The van der Waals surface area contributed by atoms with E-state index in [2.05, 4.69) is 38.3 Å². The Hall–Kier alpha value is -3.80. The number of aromatic hydroxyl groups is 1. The first-order valence-electron chi connectivity index (χ1n) is 14.5. The van der Waals surface area contributed by atoms with Gasteiger partial charge in [-0.2, -0.15) is 0 Å². The van der Waals surface area contributed by atoms with Gasteiger partial charge in [0.25, 0.3) is 0 Å². The Bertz CT molecular complexity index is 1270. The van der Waals surface area contributed by atoms with Crippen molar-refractivity contribution in [2.75, 3.05) is 7.11 Å². The fourth-order valence-corrected chi connectivity index (χ4v) is 5.23. The number of carbonyl (C=O) groups excluding carboxylic acids is 2. The zero-order valence-electron chi connectivity index (χ0n) is 25.3. The summed E-state index contributed by atoms with van der Waals surface area (Å²) in [7, 11) is 1.65. The lowest BCUT2D eigenvalue weighted by molar-refractivity contribution is -0.122. The molecule has 3 aromatic carbocycles. The fraction of sp³-hybridized carbons (Fsp3) is 0.429. The van der Waals surface area contributed by atoms with Crippen molar-refractivity contribution in [3.8, 4) is 11.5 Å². The summed E-state index contributed by atoms with van der Waals surface area (Å²) in [5.41, 5.74) is 3.22. The Morgan fingerprint density at radius 1 is 0.707 bits per heavy atom. The van der Waals surface area contributed by atoms with Crippen LogP contribution in [0.3, 0.4) is 0 Å². The quantitative estimate of drug-likeness (QED) is 0.189. The second kappa shape index (κ2) is 14.7. The van der Waals surface area contributed by atoms with E-state index in [1.165, 1.54) is 0 Å². The lowest BCUT2D eigenvalue weighted by atomic mass is 9.75. The Morgan fingerprint density at radius 2 is 1.15 bits per heavy atom. The predicted molar refractivity (Wildman–Crippen MR) is 165 cm³/mol. The van der Waals surface area contributed by atoms with Crippen molar-refractivity contribution in [2.24, 2.45) is 0 Å². The summed E-state index contributed by atoms with van der Waals surface area (Å²) in [6.45, 7) is 9.46. The van der Waals surface area contributed by atoms with Crippen LogP contribution < -0.4 is 15.4 Å². The number of phenolic OH excluding ortho intramolecular Hbond substituents is 1. The van der Waals surface area contributed by atoms with Crippen LogP contribution in [0, 0.1) is 0 Å². The van der Waals surface area contributed by atoms with Crippen LogP contribution in [-0.4, -0.2) is 24.0 Å². The number of hydrogen-bond donors (Lipinski definition) is 3. The van der Waals surface area contributed by atoms with Gasteiger partial charge in [-0.15, -0.1) is 0 Å². The van der Waals surface area contributed by atoms with Gasteiger partial charge < -0.3 is 20.5 Å². The molecular formula is C35H46N2O4. The van der Waals surface area contributed by atoms with Crippen LogP contribution in [0.5, 0.6) is 11.5 Å². The minimum absolute atomic E-state index is 0.0253. The number of rotatable bonds is 15. The monoisotopic (exact) mass is 558 g/mol. The lowest BCUT2D eigenvalue weighted by Crippen LogP contribution is -2.25. The molecular weight excluding hydrogens is 512 g/mol. The molecule has 3 aromatic rings. The summed E-state index contributed by atoms with van der Waals surface area (Å²) in [6, 6.07) is 23.5. The highest BCUT2D eigenvalue weighted by Crippen LogP contribution is 2.43. The Labute approximate surface area is 245 Å². The third-order valence-corrected chi connectivity index (χ3v) is 7.85. The topological polar surface area (TPSA) is 87.7 Å². The van der Waals surface area contributed by atoms with Gasteiger partial charge in [-0.05, 0) is 59.8 Å². The first-order valence-corrected chi connectivity index (χ1v) is 14.5. The van der Waals surface area contributed by atoms with Crippen LogP contribution in [0.25, 0.3) is 0 Å².